The van der Waals surface area contributed by atoms with E-state index >= 15 is 0 Å². The van der Waals surface area contributed by atoms with Gasteiger partial charge >= 0.3 is 0 Å². The highest BCUT2D eigenvalue weighted by Crippen LogP contribution is 2.18. The zero-order chi connectivity index (χ0) is 10.1. The average molecular weight is 192 g/mol. The van der Waals surface area contributed by atoms with Crippen LogP contribution in [-0.2, 0) is 6.54 Å². The number of hydrogen-bond acceptors (Lipinski definition) is 4. The van der Waals surface area contributed by atoms with Crippen molar-refractivity contribution in [3.63, 3.8) is 0 Å². The van der Waals surface area contributed by atoms with Crippen molar-refractivity contribution in [3.05, 3.63) is 29.8 Å². The SMILES string of the molecule is NCc1nc(N)c2ccc(F)cc2n1. The fraction of sp³-hybridized carbons (Fsp3) is 0.111. The molecule has 0 saturated carbocycles. The van der Waals surface area contributed by atoms with Crippen molar-refractivity contribution in [3.8, 4) is 0 Å². The third-order valence-electron chi connectivity index (χ3n) is 1.92. The van der Waals surface area contributed by atoms with Gasteiger partial charge in [0.05, 0.1) is 12.1 Å². The van der Waals surface area contributed by atoms with Gasteiger partial charge in [-0.3, -0.25) is 0 Å². The van der Waals surface area contributed by atoms with Crippen molar-refractivity contribution in [1.29, 1.82) is 0 Å². The highest BCUT2D eigenvalue weighted by Gasteiger charge is 2.04. The maximum Gasteiger partial charge on any atom is 0.144 e. The van der Waals surface area contributed by atoms with Crippen LogP contribution in [0.1, 0.15) is 5.82 Å². The predicted octanol–water partition coefficient (Wildman–Crippen LogP) is 0.810. The van der Waals surface area contributed by atoms with Gasteiger partial charge < -0.3 is 11.5 Å². The minimum absolute atomic E-state index is 0.191. The number of nitrogens with two attached hydrogens (primary N) is 2. The second-order valence-corrected chi connectivity index (χ2v) is 2.89. The largest absolute Gasteiger partial charge is 0.383 e. The number of nitrogens with zero attached hydrogens (tertiary/aromatic N) is 2. The minimum Gasteiger partial charge on any atom is -0.383 e. The molecule has 2 aromatic rings. The Kier molecular flexibility index (Phi) is 2.01. The highest BCUT2D eigenvalue weighted by atomic mass is 19.1. The minimum atomic E-state index is -0.349. The summed E-state index contributed by atoms with van der Waals surface area (Å²) >= 11 is 0. The molecule has 2 rings (SSSR count). The molecule has 0 aliphatic carbocycles. The summed E-state index contributed by atoms with van der Waals surface area (Å²) in [7, 11) is 0. The number of hydrogen-bond donors (Lipinski definition) is 2. The van der Waals surface area contributed by atoms with Crippen LogP contribution < -0.4 is 11.5 Å². The van der Waals surface area contributed by atoms with E-state index < -0.39 is 0 Å². The summed E-state index contributed by atoms with van der Waals surface area (Å²) < 4.78 is 12.9. The van der Waals surface area contributed by atoms with E-state index in [0.29, 0.717) is 22.5 Å². The van der Waals surface area contributed by atoms with E-state index in [1.54, 1.807) is 6.07 Å². The van der Waals surface area contributed by atoms with Crippen LogP contribution >= 0.6 is 0 Å². The van der Waals surface area contributed by atoms with Crippen molar-refractivity contribution < 1.29 is 4.39 Å². The number of benzene rings is 1. The number of aromatic nitrogens is 2. The second-order valence-electron chi connectivity index (χ2n) is 2.89. The Balaban J connectivity index is 2.77. The zero-order valence-corrected chi connectivity index (χ0v) is 7.37. The average Bonchev–Trinajstić information content (AvgIpc) is 2.16. The molecule has 0 amide bonds. The zero-order valence-electron chi connectivity index (χ0n) is 7.37. The van der Waals surface area contributed by atoms with E-state index in [4.69, 9.17) is 11.5 Å². The Morgan fingerprint density at radius 3 is 2.79 bits per heavy atom. The van der Waals surface area contributed by atoms with E-state index in [1.807, 2.05) is 0 Å². The molecule has 4 N–H and O–H groups in total. The Morgan fingerprint density at radius 1 is 1.29 bits per heavy atom. The summed E-state index contributed by atoms with van der Waals surface area (Å²) in [6.45, 7) is 0.191. The molecule has 1 heterocycles. The number of anilines is 1. The van der Waals surface area contributed by atoms with E-state index in [0.717, 1.165) is 0 Å². The molecular weight excluding hydrogens is 183 g/mol. The van der Waals surface area contributed by atoms with Crippen molar-refractivity contribution in [2.75, 3.05) is 5.73 Å². The Labute approximate surface area is 79.8 Å². The molecule has 0 aliphatic heterocycles. The van der Waals surface area contributed by atoms with Crippen molar-refractivity contribution in [2.24, 2.45) is 5.73 Å². The summed E-state index contributed by atoms with van der Waals surface area (Å²) in [6, 6.07) is 4.19. The second kappa shape index (κ2) is 3.19. The normalized spacial score (nSPS) is 10.7. The number of nitrogen functional groups attached to an aromatic ring is 1. The smallest absolute Gasteiger partial charge is 0.144 e. The summed E-state index contributed by atoms with van der Waals surface area (Å²) in [4.78, 5) is 8.03. The molecule has 0 radical (unpaired) electrons. The van der Waals surface area contributed by atoms with Crippen LogP contribution in [0.15, 0.2) is 18.2 Å². The molecule has 5 heteroatoms. The molecule has 14 heavy (non-hydrogen) atoms. The van der Waals surface area contributed by atoms with Gasteiger partial charge in [-0.15, -0.1) is 0 Å². The molecule has 1 aromatic heterocycles. The predicted molar refractivity (Wildman–Crippen MR) is 51.8 cm³/mol. The molecule has 0 aliphatic rings. The summed E-state index contributed by atoms with van der Waals surface area (Å²) in [5.74, 6) is 0.398. The fourth-order valence-electron chi connectivity index (χ4n) is 1.27. The van der Waals surface area contributed by atoms with Crippen LogP contribution in [0.4, 0.5) is 10.2 Å². The van der Waals surface area contributed by atoms with Crippen LogP contribution in [0.5, 0.6) is 0 Å². The maximum absolute atomic E-state index is 12.9. The molecule has 0 unspecified atom stereocenters. The van der Waals surface area contributed by atoms with Crippen LogP contribution in [0.3, 0.4) is 0 Å². The van der Waals surface area contributed by atoms with Gasteiger partial charge in [0.2, 0.25) is 0 Å². The van der Waals surface area contributed by atoms with Gasteiger partial charge in [-0.1, -0.05) is 0 Å². The van der Waals surface area contributed by atoms with E-state index in [9.17, 15) is 4.39 Å². The molecule has 72 valence electrons. The first-order valence-electron chi connectivity index (χ1n) is 4.12. The molecule has 0 spiro atoms. The van der Waals surface area contributed by atoms with E-state index in [1.165, 1.54) is 12.1 Å². The Hall–Kier alpha value is -1.75. The Morgan fingerprint density at radius 2 is 2.07 bits per heavy atom. The first-order valence-corrected chi connectivity index (χ1v) is 4.12. The molecule has 0 saturated heterocycles. The third kappa shape index (κ3) is 1.38. The standard InChI is InChI=1S/C9H9FN4/c10-5-1-2-6-7(3-5)13-8(4-11)14-9(6)12/h1-3H,4,11H2,(H2,12,13,14). The quantitative estimate of drug-likeness (QED) is 0.700. The lowest BCUT2D eigenvalue weighted by molar-refractivity contribution is 0.629. The molecule has 1 aromatic carbocycles. The monoisotopic (exact) mass is 192 g/mol. The molecular formula is C9H9FN4. The lowest BCUT2D eigenvalue weighted by Gasteiger charge is -2.03. The number of fused-ring (bicyclic) bond motifs is 1. The van der Waals surface area contributed by atoms with Crippen molar-refractivity contribution >= 4 is 16.7 Å². The summed E-state index contributed by atoms with van der Waals surface area (Å²) in [6.07, 6.45) is 0. The van der Waals surface area contributed by atoms with Crippen molar-refractivity contribution in [1.82, 2.24) is 9.97 Å². The molecule has 0 bridgehead atoms. The Bertz CT molecular complexity index is 483. The van der Waals surface area contributed by atoms with Crippen LogP contribution in [0.2, 0.25) is 0 Å². The van der Waals surface area contributed by atoms with E-state index in [2.05, 4.69) is 9.97 Å². The topological polar surface area (TPSA) is 77.8 Å². The molecule has 0 fully saturated rings. The third-order valence-corrected chi connectivity index (χ3v) is 1.92. The van der Waals surface area contributed by atoms with Gasteiger partial charge in [-0.25, -0.2) is 14.4 Å². The van der Waals surface area contributed by atoms with Gasteiger partial charge in [0.1, 0.15) is 17.5 Å². The van der Waals surface area contributed by atoms with E-state index in [-0.39, 0.29) is 12.4 Å². The lowest BCUT2D eigenvalue weighted by atomic mass is 10.2. The van der Waals surface area contributed by atoms with Crippen molar-refractivity contribution in [2.45, 2.75) is 6.54 Å². The highest BCUT2D eigenvalue weighted by molar-refractivity contribution is 5.87. The fourth-order valence-corrected chi connectivity index (χ4v) is 1.27. The maximum atomic E-state index is 12.9. The van der Waals surface area contributed by atoms with Gasteiger partial charge in [0.15, 0.2) is 0 Å². The number of rotatable bonds is 1. The van der Waals surface area contributed by atoms with Gasteiger partial charge in [0.25, 0.3) is 0 Å². The first kappa shape index (κ1) is 8.83. The molecule has 0 atom stereocenters. The van der Waals surface area contributed by atoms with Crippen LogP contribution in [-0.4, -0.2) is 9.97 Å². The summed E-state index contributed by atoms with van der Waals surface area (Å²) in [5, 5.41) is 0.642. The lowest BCUT2D eigenvalue weighted by Crippen LogP contribution is -2.06. The van der Waals surface area contributed by atoms with Gasteiger partial charge in [-0.2, -0.15) is 0 Å². The van der Waals surface area contributed by atoms with Crippen LogP contribution in [0, 0.1) is 5.82 Å². The van der Waals surface area contributed by atoms with Crippen LogP contribution in [0.25, 0.3) is 10.9 Å². The summed E-state index contributed by atoms with van der Waals surface area (Å²) in [5.41, 5.74) is 11.5. The van der Waals surface area contributed by atoms with Gasteiger partial charge in [0, 0.05) is 11.5 Å². The number of halogens is 1. The van der Waals surface area contributed by atoms with Gasteiger partial charge in [-0.05, 0) is 12.1 Å². The first-order chi connectivity index (χ1) is 6.70. The molecule has 4 nitrogen and oxygen atoms in total.